The summed E-state index contributed by atoms with van der Waals surface area (Å²) in [4.78, 5) is 4.96. The van der Waals surface area contributed by atoms with Crippen LogP contribution in [-0.4, -0.2) is 12.8 Å². The molecule has 0 fully saturated rings. The zero-order valence-corrected chi connectivity index (χ0v) is 8.08. The van der Waals surface area contributed by atoms with Gasteiger partial charge in [0.25, 0.3) is 0 Å². The lowest BCUT2D eigenvalue weighted by atomic mass is 10.1. The summed E-state index contributed by atoms with van der Waals surface area (Å²) in [5, 5.41) is 3.74. The van der Waals surface area contributed by atoms with Crippen LogP contribution in [-0.2, 0) is 4.84 Å². The van der Waals surface area contributed by atoms with Crippen molar-refractivity contribution in [3.63, 3.8) is 0 Å². The highest BCUT2D eigenvalue weighted by Gasteiger charge is 1.92. The SMILES string of the molecule is CCCO/N=[C]\c1ccccc1C. The van der Waals surface area contributed by atoms with Gasteiger partial charge in [-0.25, -0.2) is 0 Å². The van der Waals surface area contributed by atoms with Gasteiger partial charge in [-0.05, 0) is 18.9 Å². The number of hydrogen-bond donors (Lipinski definition) is 0. The Balaban J connectivity index is 2.53. The maximum absolute atomic E-state index is 4.96. The molecule has 2 heteroatoms. The molecule has 1 radical (unpaired) electrons. The van der Waals surface area contributed by atoms with Crippen molar-refractivity contribution >= 4 is 6.21 Å². The Morgan fingerprint density at radius 2 is 2.15 bits per heavy atom. The van der Waals surface area contributed by atoms with E-state index < -0.39 is 0 Å². The van der Waals surface area contributed by atoms with Crippen LogP contribution < -0.4 is 0 Å². The van der Waals surface area contributed by atoms with E-state index in [0.29, 0.717) is 6.61 Å². The van der Waals surface area contributed by atoms with E-state index in [-0.39, 0.29) is 0 Å². The van der Waals surface area contributed by atoms with Crippen molar-refractivity contribution in [3.05, 3.63) is 35.4 Å². The van der Waals surface area contributed by atoms with E-state index in [9.17, 15) is 0 Å². The van der Waals surface area contributed by atoms with E-state index >= 15 is 0 Å². The van der Waals surface area contributed by atoms with Gasteiger partial charge in [0.1, 0.15) is 12.8 Å². The number of nitrogens with zero attached hydrogens (tertiary/aromatic N) is 1. The van der Waals surface area contributed by atoms with Gasteiger partial charge >= 0.3 is 0 Å². The molecule has 0 amide bonds. The molecule has 2 nitrogen and oxygen atoms in total. The highest BCUT2D eigenvalue weighted by atomic mass is 16.6. The van der Waals surface area contributed by atoms with Crippen molar-refractivity contribution < 1.29 is 4.84 Å². The number of aryl methyl sites for hydroxylation is 1. The fraction of sp³-hybridized carbons (Fsp3) is 0.364. The monoisotopic (exact) mass is 176 g/mol. The number of rotatable bonds is 4. The first kappa shape index (κ1) is 9.78. The highest BCUT2D eigenvalue weighted by Crippen LogP contribution is 2.03. The first-order valence-electron chi connectivity index (χ1n) is 4.48. The molecule has 69 valence electrons. The van der Waals surface area contributed by atoms with Crippen LogP contribution in [0, 0.1) is 6.92 Å². The van der Waals surface area contributed by atoms with E-state index in [1.807, 2.05) is 38.1 Å². The average molecular weight is 176 g/mol. The topological polar surface area (TPSA) is 21.6 Å². The van der Waals surface area contributed by atoms with Crippen molar-refractivity contribution in [2.45, 2.75) is 20.3 Å². The lowest BCUT2D eigenvalue weighted by Gasteiger charge is -1.97. The molecule has 0 bridgehead atoms. The molecule has 0 atom stereocenters. The second-order valence-corrected chi connectivity index (χ2v) is 2.85. The van der Waals surface area contributed by atoms with Gasteiger partial charge in [0.15, 0.2) is 0 Å². The standard InChI is InChI=1S/C11H14NO/c1-3-8-13-12-9-11-7-5-4-6-10(11)2/h4-7H,3,8H2,1-2H3. The summed E-state index contributed by atoms with van der Waals surface area (Å²) in [5.41, 5.74) is 2.14. The van der Waals surface area contributed by atoms with Crippen molar-refractivity contribution in [1.82, 2.24) is 0 Å². The van der Waals surface area contributed by atoms with Gasteiger partial charge in [-0.3, -0.25) is 0 Å². The molecule has 1 aromatic rings. The predicted molar refractivity (Wildman–Crippen MR) is 54.0 cm³/mol. The first-order valence-corrected chi connectivity index (χ1v) is 4.48. The Labute approximate surface area is 79.2 Å². The summed E-state index contributed by atoms with van der Waals surface area (Å²) in [6.45, 7) is 4.72. The normalized spacial score (nSPS) is 10.6. The third-order valence-electron chi connectivity index (χ3n) is 1.67. The molecule has 0 unspecified atom stereocenters. The van der Waals surface area contributed by atoms with Crippen LogP contribution in [0.25, 0.3) is 0 Å². The van der Waals surface area contributed by atoms with Crippen molar-refractivity contribution in [2.24, 2.45) is 5.16 Å². The maximum Gasteiger partial charge on any atom is 0.139 e. The Morgan fingerprint density at radius 1 is 1.38 bits per heavy atom. The summed E-state index contributed by atoms with van der Waals surface area (Å²) in [6.07, 6.45) is 3.82. The summed E-state index contributed by atoms with van der Waals surface area (Å²) in [6, 6.07) is 7.95. The average Bonchev–Trinajstić information content (AvgIpc) is 2.15. The molecule has 0 spiro atoms. The summed E-state index contributed by atoms with van der Waals surface area (Å²) in [5.74, 6) is 0. The van der Waals surface area contributed by atoms with Gasteiger partial charge in [0.05, 0.1) is 0 Å². The number of benzene rings is 1. The van der Waals surface area contributed by atoms with Crippen LogP contribution in [0.3, 0.4) is 0 Å². The van der Waals surface area contributed by atoms with E-state index in [1.54, 1.807) is 0 Å². The largest absolute Gasteiger partial charge is 0.395 e. The molecule has 1 rings (SSSR count). The van der Waals surface area contributed by atoms with Crippen molar-refractivity contribution in [1.29, 1.82) is 0 Å². The first-order chi connectivity index (χ1) is 6.34. The second-order valence-electron chi connectivity index (χ2n) is 2.85. The van der Waals surface area contributed by atoms with Gasteiger partial charge in [-0.1, -0.05) is 36.3 Å². The molecule has 0 aliphatic rings. The molecule has 0 heterocycles. The molecule has 0 saturated carbocycles. The lowest BCUT2D eigenvalue weighted by molar-refractivity contribution is 0.146. The summed E-state index contributed by atoms with van der Waals surface area (Å²) < 4.78 is 0. The van der Waals surface area contributed by atoms with Gasteiger partial charge in [-0.2, -0.15) is 0 Å². The summed E-state index contributed by atoms with van der Waals surface area (Å²) >= 11 is 0. The number of hydrogen-bond acceptors (Lipinski definition) is 2. The van der Waals surface area contributed by atoms with Crippen molar-refractivity contribution in [3.8, 4) is 0 Å². The molecule has 0 N–H and O–H groups in total. The zero-order valence-electron chi connectivity index (χ0n) is 8.08. The van der Waals surface area contributed by atoms with E-state index in [4.69, 9.17) is 4.84 Å². The van der Waals surface area contributed by atoms with Gasteiger partial charge in [0, 0.05) is 5.56 Å². The van der Waals surface area contributed by atoms with Crippen LogP contribution in [0.1, 0.15) is 24.5 Å². The minimum absolute atomic E-state index is 0.652. The van der Waals surface area contributed by atoms with Gasteiger partial charge in [-0.15, -0.1) is 0 Å². The van der Waals surface area contributed by atoms with Gasteiger partial charge < -0.3 is 4.84 Å². The molecule has 0 aliphatic carbocycles. The Morgan fingerprint density at radius 3 is 2.85 bits per heavy atom. The quantitative estimate of drug-likeness (QED) is 0.392. The van der Waals surface area contributed by atoms with Crippen LogP contribution in [0.4, 0.5) is 0 Å². The van der Waals surface area contributed by atoms with Crippen LogP contribution in [0.15, 0.2) is 29.4 Å². The molecule has 0 aromatic heterocycles. The molecular formula is C11H14NO. The van der Waals surface area contributed by atoms with Gasteiger partial charge in [0.2, 0.25) is 0 Å². The van der Waals surface area contributed by atoms with Crippen molar-refractivity contribution in [2.75, 3.05) is 6.61 Å². The van der Waals surface area contributed by atoms with Crippen LogP contribution in [0.5, 0.6) is 0 Å². The smallest absolute Gasteiger partial charge is 0.139 e. The minimum atomic E-state index is 0.652. The molecular weight excluding hydrogens is 162 g/mol. The highest BCUT2D eigenvalue weighted by molar-refractivity contribution is 5.80. The fourth-order valence-corrected chi connectivity index (χ4v) is 0.917. The zero-order chi connectivity index (χ0) is 9.52. The third-order valence-corrected chi connectivity index (χ3v) is 1.67. The van der Waals surface area contributed by atoms with Crippen LogP contribution >= 0.6 is 0 Å². The maximum atomic E-state index is 4.96. The lowest BCUT2D eigenvalue weighted by Crippen LogP contribution is -1.88. The van der Waals surface area contributed by atoms with Crippen LogP contribution in [0.2, 0.25) is 0 Å². The third kappa shape index (κ3) is 3.28. The molecule has 1 aromatic carbocycles. The minimum Gasteiger partial charge on any atom is -0.395 e. The molecule has 0 saturated heterocycles. The predicted octanol–water partition coefficient (Wildman–Crippen LogP) is 2.63. The molecule has 0 aliphatic heterocycles. The second kappa shape index (κ2) is 5.36. The fourth-order valence-electron chi connectivity index (χ4n) is 0.917. The Kier molecular flexibility index (Phi) is 4.03. The van der Waals surface area contributed by atoms with E-state index in [0.717, 1.165) is 17.5 Å². The Bertz CT molecular complexity index is 281. The Hall–Kier alpha value is -1.31. The van der Waals surface area contributed by atoms with E-state index in [2.05, 4.69) is 11.4 Å². The van der Waals surface area contributed by atoms with E-state index in [1.165, 1.54) is 0 Å². The molecule has 13 heavy (non-hydrogen) atoms. The summed E-state index contributed by atoms with van der Waals surface area (Å²) in [7, 11) is 0.